The second-order valence-electron chi connectivity index (χ2n) is 4.64. The summed E-state index contributed by atoms with van der Waals surface area (Å²) < 4.78 is 0. The van der Waals surface area contributed by atoms with E-state index < -0.39 is 5.97 Å². The smallest absolute Gasteiger partial charge is 0.304 e. The molecular formula is C12H19N3O2S. The molecule has 0 aromatic carbocycles. The minimum atomic E-state index is -0.712. The molecule has 18 heavy (non-hydrogen) atoms. The molecule has 0 bridgehead atoms. The standard InChI is InChI=1S/C12H19N3O2S/c1-10-9-18-11(13-10)8-15-6-4-14(5-7-15)3-2-12(16)17/h9H,2-8H2,1H3,(H,16,17). The van der Waals surface area contributed by atoms with Crippen LogP contribution in [0.3, 0.4) is 0 Å². The fourth-order valence-corrected chi connectivity index (χ4v) is 2.90. The van der Waals surface area contributed by atoms with E-state index in [1.54, 1.807) is 11.3 Å². The van der Waals surface area contributed by atoms with Gasteiger partial charge in [0.15, 0.2) is 0 Å². The minimum absolute atomic E-state index is 0.242. The summed E-state index contributed by atoms with van der Waals surface area (Å²) in [7, 11) is 0. The summed E-state index contributed by atoms with van der Waals surface area (Å²) in [6.07, 6.45) is 0.242. The molecule has 1 aliphatic rings. The first-order valence-electron chi connectivity index (χ1n) is 6.21. The molecule has 1 aromatic heterocycles. The molecule has 1 aromatic rings. The Morgan fingerprint density at radius 3 is 2.61 bits per heavy atom. The van der Waals surface area contributed by atoms with Gasteiger partial charge in [-0.05, 0) is 6.92 Å². The highest BCUT2D eigenvalue weighted by atomic mass is 32.1. The third kappa shape index (κ3) is 4.04. The Morgan fingerprint density at radius 1 is 1.39 bits per heavy atom. The molecule has 0 spiro atoms. The van der Waals surface area contributed by atoms with E-state index in [1.165, 1.54) is 5.01 Å². The third-order valence-corrected chi connectivity index (χ3v) is 4.08. The molecule has 2 rings (SSSR count). The summed E-state index contributed by atoms with van der Waals surface area (Å²) in [6.45, 7) is 7.51. The molecule has 0 radical (unpaired) electrons. The Labute approximate surface area is 111 Å². The largest absolute Gasteiger partial charge is 0.481 e. The minimum Gasteiger partial charge on any atom is -0.481 e. The summed E-state index contributed by atoms with van der Waals surface area (Å²) in [5, 5.41) is 11.9. The van der Waals surface area contributed by atoms with Crippen molar-refractivity contribution in [1.29, 1.82) is 0 Å². The van der Waals surface area contributed by atoms with Crippen molar-refractivity contribution in [2.75, 3.05) is 32.7 Å². The van der Waals surface area contributed by atoms with E-state index in [0.29, 0.717) is 6.54 Å². The number of aliphatic carboxylic acids is 1. The Morgan fingerprint density at radius 2 is 2.06 bits per heavy atom. The highest BCUT2D eigenvalue weighted by molar-refractivity contribution is 7.09. The predicted octanol–water partition coefficient (Wildman–Crippen LogP) is 1.04. The van der Waals surface area contributed by atoms with E-state index in [1.807, 2.05) is 6.92 Å². The molecule has 0 atom stereocenters. The number of aryl methyl sites for hydroxylation is 1. The van der Waals surface area contributed by atoms with Crippen LogP contribution in [0.2, 0.25) is 0 Å². The van der Waals surface area contributed by atoms with Gasteiger partial charge >= 0.3 is 5.97 Å². The lowest BCUT2D eigenvalue weighted by atomic mass is 10.3. The van der Waals surface area contributed by atoms with Gasteiger partial charge in [0, 0.05) is 43.8 Å². The highest BCUT2D eigenvalue weighted by Crippen LogP contribution is 2.13. The molecule has 100 valence electrons. The first-order chi connectivity index (χ1) is 8.63. The summed E-state index contributed by atoms with van der Waals surface area (Å²) in [6, 6.07) is 0. The number of piperazine rings is 1. The first kappa shape index (κ1) is 13.5. The number of carboxylic acids is 1. The van der Waals surface area contributed by atoms with Gasteiger partial charge in [0.1, 0.15) is 5.01 Å². The van der Waals surface area contributed by atoms with Crippen molar-refractivity contribution >= 4 is 17.3 Å². The van der Waals surface area contributed by atoms with E-state index in [4.69, 9.17) is 5.11 Å². The SMILES string of the molecule is Cc1csc(CN2CCN(CCC(=O)O)CC2)n1. The number of aromatic nitrogens is 1. The van der Waals surface area contributed by atoms with Crippen molar-refractivity contribution in [2.24, 2.45) is 0 Å². The zero-order valence-electron chi connectivity index (χ0n) is 10.6. The van der Waals surface area contributed by atoms with Crippen molar-refractivity contribution < 1.29 is 9.90 Å². The zero-order chi connectivity index (χ0) is 13.0. The van der Waals surface area contributed by atoms with E-state index >= 15 is 0 Å². The highest BCUT2D eigenvalue weighted by Gasteiger charge is 2.18. The fourth-order valence-electron chi connectivity index (χ4n) is 2.09. The van der Waals surface area contributed by atoms with Crippen LogP contribution >= 0.6 is 11.3 Å². The quantitative estimate of drug-likeness (QED) is 0.865. The van der Waals surface area contributed by atoms with E-state index in [2.05, 4.69) is 20.2 Å². The predicted molar refractivity (Wildman–Crippen MR) is 70.8 cm³/mol. The van der Waals surface area contributed by atoms with Crippen molar-refractivity contribution in [2.45, 2.75) is 19.9 Å². The zero-order valence-corrected chi connectivity index (χ0v) is 11.4. The number of nitrogens with zero attached hydrogens (tertiary/aromatic N) is 3. The lowest BCUT2D eigenvalue weighted by Gasteiger charge is -2.33. The molecule has 1 fully saturated rings. The topological polar surface area (TPSA) is 56.7 Å². The van der Waals surface area contributed by atoms with Crippen LogP contribution in [0, 0.1) is 6.92 Å². The molecule has 5 nitrogen and oxygen atoms in total. The molecule has 2 heterocycles. The maximum atomic E-state index is 10.5. The molecule has 0 unspecified atom stereocenters. The van der Waals surface area contributed by atoms with Gasteiger partial charge in [-0.25, -0.2) is 4.98 Å². The molecule has 0 aliphatic carbocycles. The van der Waals surface area contributed by atoms with E-state index in [9.17, 15) is 4.79 Å². The Kier molecular flexibility index (Phi) is 4.68. The van der Waals surface area contributed by atoms with Gasteiger partial charge < -0.3 is 10.0 Å². The first-order valence-corrected chi connectivity index (χ1v) is 7.09. The Bertz CT molecular complexity index is 400. The monoisotopic (exact) mass is 269 g/mol. The van der Waals surface area contributed by atoms with Crippen molar-refractivity contribution in [3.8, 4) is 0 Å². The van der Waals surface area contributed by atoms with Crippen LogP contribution in [-0.4, -0.2) is 58.6 Å². The number of hydrogen-bond donors (Lipinski definition) is 1. The number of carbonyl (C=O) groups is 1. The summed E-state index contributed by atoms with van der Waals surface area (Å²) in [4.78, 5) is 19.6. The summed E-state index contributed by atoms with van der Waals surface area (Å²) in [5.41, 5.74) is 1.09. The van der Waals surface area contributed by atoms with Crippen LogP contribution in [0.15, 0.2) is 5.38 Å². The van der Waals surface area contributed by atoms with Crippen LogP contribution in [0.5, 0.6) is 0 Å². The van der Waals surface area contributed by atoms with Gasteiger partial charge in [0.25, 0.3) is 0 Å². The molecule has 1 saturated heterocycles. The fraction of sp³-hybridized carbons (Fsp3) is 0.667. The Balaban J connectivity index is 1.71. The number of thiazole rings is 1. The Hall–Kier alpha value is -0.980. The van der Waals surface area contributed by atoms with Gasteiger partial charge in [0.05, 0.1) is 13.0 Å². The average molecular weight is 269 g/mol. The third-order valence-electron chi connectivity index (χ3n) is 3.13. The second kappa shape index (κ2) is 6.26. The van der Waals surface area contributed by atoms with Crippen LogP contribution < -0.4 is 0 Å². The van der Waals surface area contributed by atoms with Crippen molar-refractivity contribution in [1.82, 2.24) is 14.8 Å². The summed E-state index contributed by atoms with van der Waals surface area (Å²) in [5.74, 6) is -0.712. The molecule has 1 N–H and O–H groups in total. The maximum absolute atomic E-state index is 10.5. The van der Waals surface area contributed by atoms with Crippen molar-refractivity contribution in [3.05, 3.63) is 16.1 Å². The van der Waals surface area contributed by atoms with Gasteiger partial charge in [-0.3, -0.25) is 9.69 Å². The lowest BCUT2D eigenvalue weighted by molar-refractivity contribution is -0.137. The van der Waals surface area contributed by atoms with Gasteiger partial charge in [-0.2, -0.15) is 0 Å². The van der Waals surface area contributed by atoms with Crippen molar-refractivity contribution in [3.63, 3.8) is 0 Å². The second-order valence-corrected chi connectivity index (χ2v) is 5.59. The van der Waals surface area contributed by atoms with Crippen LogP contribution in [0.25, 0.3) is 0 Å². The molecule has 0 saturated carbocycles. The lowest BCUT2D eigenvalue weighted by Crippen LogP contribution is -2.46. The molecule has 0 amide bonds. The number of rotatable bonds is 5. The molecular weight excluding hydrogens is 250 g/mol. The van der Waals surface area contributed by atoms with E-state index in [0.717, 1.165) is 38.4 Å². The normalized spacial score (nSPS) is 18.1. The summed E-state index contributed by atoms with van der Waals surface area (Å²) >= 11 is 1.71. The van der Waals surface area contributed by atoms with Gasteiger partial charge in [-0.15, -0.1) is 11.3 Å². The van der Waals surface area contributed by atoms with Crippen LogP contribution in [0.4, 0.5) is 0 Å². The maximum Gasteiger partial charge on any atom is 0.304 e. The number of hydrogen-bond acceptors (Lipinski definition) is 5. The van der Waals surface area contributed by atoms with Crippen LogP contribution in [-0.2, 0) is 11.3 Å². The number of carboxylic acid groups (broad SMARTS) is 1. The van der Waals surface area contributed by atoms with E-state index in [-0.39, 0.29) is 6.42 Å². The van der Waals surface area contributed by atoms with Gasteiger partial charge in [-0.1, -0.05) is 0 Å². The van der Waals surface area contributed by atoms with Gasteiger partial charge in [0.2, 0.25) is 0 Å². The van der Waals surface area contributed by atoms with Crippen LogP contribution in [0.1, 0.15) is 17.1 Å². The average Bonchev–Trinajstić information content (AvgIpc) is 2.74. The molecule has 6 heteroatoms. The molecule has 1 aliphatic heterocycles.